The molecule has 0 radical (unpaired) electrons. The number of oxime groups is 1. The van der Waals surface area contributed by atoms with Crippen molar-refractivity contribution in [3.8, 4) is 0 Å². The van der Waals surface area contributed by atoms with Gasteiger partial charge in [0.05, 0.1) is 19.8 Å². The number of halogens is 2. The second-order valence-electron chi connectivity index (χ2n) is 6.57. The van der Waals surface area contributed by atoms with E-state index < -0.39 is 27.9 Å². The van der Waals surface area contributed by atoms with Gasteiger partial charge in [0, 0.05) is 12.1 Å². The highest BCUT2D eigenvalue weighted by atomic mass is 35.5. The van der Waals surface area contributed by atoms with Gasteiger partial charge in [-0.2, -0.15) is 0 Å². The predicted octanol–water partition coefficient (Wildman–Crippen LogP) is 4.47. The maximum atomic E-state index is 13.3. The maximum Gasteiger partial charge on any atom is 0.268 e. The van der Waals surface area contributed by atoms with E-state index in [0.717, 1.165) is 10.9 Å². The van der Waals surface area contributed by atoms with Crippen molar-refractivity contribution in [2.24, 2.45) is 5.16 Å². The summed E-state index contributed by atoms with van der Waals surface area (Å²) in [7, 11) is -3.91. The first-order chi connectivity index (χ1) is 14.8. The first-order valence-corrected chi connectivity index (χ1v) is 11.7. The van der Waals surface area contributed by atoms with E-state index in [4.69, 9.17) is 16.4 Å². The second kappa shape index (κ2) is 8.66. The SMILES string of the molecule is O=C(Nc1ccc(S(=O)(=O)Nc2cccc(F)c2)cc1)C1CC(c2ccc(Cl)s2)=NO1. The van der Waals surface area contributed by atoms with Crippen molar-refractivity contribution < 1.29 is 22.4 Å². The number of carbonyl (C=O) groups is 1. The maximum absolute atomic E-state index is 13.3. The average molecular weight is 480 g/mol. The van der Waals surface area contributed by atoms with E-state index in [2.05, 4.69) is 15.2 Å². The monoisotopic (exact) mass is 479 g/mol. The van der Waals surface area contributed by atoms with Crippen LogP contribution in [0, 0.1) is 5.82 Å². The minimum Gasteiger partial charge on any atom is -0.382 e. The largest absolute Gasteiger partial charge is 0.382 e. The molecule has 0 saturated heterocycles. The van der Waals surface area contributed by atoms with Crippen LogP contribution in [0.3, 0.4) is 0 Å². The number of benzene rings is 2. The number of thiophene rings is 1. The molecule has 1 aromatic heterocycles. The number of sulfonamides is 1. The predicted molar refractivity (Wildman–Crippen MR) is 118 cm³/mol. The van der Waals surface area contributed by atoms with Crippen molar-refractivity contribution >= 4 is 56.0 Å². The van der Waals surface area contributed by atoms with Crippen molar-refractivity contribution in [3.63, 3.8) is 0 Å². The lowest BCUT2D eigenvalue weighted by molar-refractivity contribution is -0.125. The fourth-order valence-corrected chi connectivity index (χ4v) is 4.92. The zero-order valence-corrected chi connectivity index (χ0v) is 18.1. The number of hydrogen-bond donors (Lipinski definition) is 2. The molecule has 3 aromatic rings. The highest BCUT2D eigenvalue weighted by Crippen LogP contribution is 2.27. The molecular formula is C20H15ClFN3O4S2. The summed E-state index contributed by atoms with van der Waals surface area (Å²) in [4.78, 5) is 18.5. The van der Waals surface area contributed by atoms with E-state index in [1.54, 1.807) is 6.07 Å². The molecule has 1 atom stereocenters. The first-order valence-electron chi connectivity index (χ1n) is 8.98. The quantitative estimate of drug-likeness (QED) is 0.545. The summed E-state index contributed by atoms with van der Waals surface area (Å²) in [6.45, 7) is 0. The van der Waals surface area contributed by atoms with Gasteiger partial charge in [-0.05, 0) is 54.6 Å². The summed E-state index contributed by atoms with van der Waals surface area (Å²) in [5, 5.41) is 6.62. The zero-order chi connectivity index (χ0) is 22.0. The molecular weight excluding hydrogens is 465 g/mol. The molecule has 1 amide bonds. The van der Waals surface area contributed by atoms with Gasteiger partial charge in [-0.25, -0.2) is 12.8 Å². The number of rotatable bonds is 6. The van der Waals surface area contributed by atoms with E-state index in [0.29, 0.717) is 22.2 Å². The molecule has 7 nitrogen and oxygen atoms in total. The third-order valence-electron chi connectivity index (χ3n) is 4.33. The molecule has 1 unspecified atom stereocenters. The van der Waals surface area contributed by atoms with Gasteiger partial charge in [-0.15, -0.1) is 11.3 Å². The summed E-state index contributed by atoms with van der Waals surface area (Å²) in [6, 6.07) is 14.3. The molecule has 31 heavy (non-hydrogen) atoms. The van der Waals surface area contributed by atoms with Crippen molar-refractivity contribution in [2.75, 3.05) is 10.0 Å². The molecule has 1 aliphatic rings. The number of amides is 1. The molecule has 1 aliphatic heterocycles. The molecule has 0 aliphatic carbocycles. The standard InChI is InChI=1S/C20H15ClFN3O4S2/c21-19-9-8-18(30-19)16-11-17(29-24-16)20(26)23-13-4-6-15(7-5-13)31(27,28)25-14-3-1-2-12(22)10-14/h1-10,17,25H,11H2,(H,23,26). The third kappa shape index (κ3) is 5.04. The van der Waals surface area contributed by atoms with Crippen LogP contribution in [0.2, 0.25) is 4.34 Å². The second-order valence-corrected chi connectivity index (χ2v) is 9.97. The van der Waals surface area contributed by atoms with Crippen molar-refractivity contribution in [2.45, 2.75) is 17.4 Å². The van der Waals surface area contributed by atoms with Crippen LogP contribution in [0.15, 0.2) is 70.7 Å². The van der Waals surface area contributed by atoms with E-state index >= 15 is 0 Å². The Hall–Kier alpha value is -2.95. The van der Waals surface area contributed by atoms with Crippen LogP contribution in [0.5, 0.6) is 0 Å². The fourth-order valence-electron chi connectivity index (χ4n) is 2.84. The smallest absolute Gasteiger partial charge is 0.268 e. The van der Waals surface area contributed by atoms with E-state index in [9.17, 15) is 17.6 Å². The fraction of sp³-hybridized carbons (Fsp3) is 0.100. The van der Waals surface area contributed by atoms with Gasteiger partial charge < -0.3 is 10.2 Å². The molecule has 2 N–H and O–H groups in total. The van der Waals surface area contributed by atoms with Gasteiger partial charge in [0.15, 0.2) is 0 Å². The van der Waals surface area contributed by atoms with Gasteiger partial charge in [-0.1, -0.05) is 22.8 Å². The van der Waals surface area contributed by atoms with Gasteiger partial charge in [0.1, 0.15) is 11.5 Å². The highest BCUT2D eigenvalue weighted by Gasteiger charge is 2.29. The normalized spacial score (nSPS) is 15.8. The van der Waals surface area contributed by atoms with E-state index in [-0.39, 0.29) is 10.6 Å². The first kappa shape index (κ1) is 21.3. The molecule has 0 spiro atoms. The van der Waals surface area contributed by atoms with Gasteiger partial charge >= 0.3 is 0 Å². The minimum atomic E-state index is -3.91. The van der Waals surface area contributed by atoms with Crippen molar-refractivity contribution in [3.05, 3.63) is 75.7 Å². The Kier molecular flexibility index (Phi) is 5.94. The third-order valence-corrected chi connectivity index (χ3v) is 7.01. The minimum absolute atomic E-state index is 0.0351. The summed E-state index contributed by atoms with van der Waals surface area (Å²) < 4.78 is 41.1. The average Bonchev–Trinajstić information content (AvgIpc) is 3.37. The lowest BCUT2D eigenvalue weighted by atomic mass is 10.1. The molecule has 4 rings (SSSR count). The summed E-state index contributed by atoms with van der Waals surface area (Å²) in [6.07, 6.45) is -0.499. The summed E-state index contributed by atoms with van der Waals surface area (Å²) in [5.74, 6) is -0.961. The topological polar surface area (TPSA) is 96.9 Å². The number of nitrogens with zero attached hydrogens (tertiary/aromatic N) is 1. The Morgan fingerprint density at radius 1 is 1.13 bits per heavy atom. The molecule has 0 bridgehead atoms. The van der Waals surface area contributed by atoms with Crippen LogP contribution in [0.25, 0.3) is 0 Å². The molecule has 11 heteroatoms. The Bertz CT molecular complexity index is 1260. The Morgan fingerprint density at radius 2 is 1.90 bits per heavy atom. The number of carbonyl (C=O) groups excluding carboxylic acids is 1. The lowest BCUT2D eigenvalue weighted by Gasteiger charge is -2.11. The van der Waals surface area contributed by atoms with Crippen LogP contribution in [0.4, 0.5) is 15.8 Å². The van der Waals surface area contributed by atoms with Gasteiger partial charge in [-0.3, -0.25) is 9.52 Å². The molecule has 2 heterocycles. The number of nitrogens with one attached hydrogen (secondary N) is 2. The van der Waals surface area contributed by atoms with Crippen molar-refractivity contribution in [1.82, 2.24) is 0 Å². The number of anilines is 2. The molecule has 0 fully saturated rings. The van der Waals surface area contributed by atoms with Crippen LogP contribution in [0.1, 0.15) is 11.3 Å². The lowest BCUT2D eigenvalue weighted by Crippen LogP contribution is -2.28. The zero-order valence-electron chi connectivity index (χ0n) is 15.7. The molecule has 2 aromatic carbocycles. The van der Waals surface area contributed by atoms with Crippen LogP contribution in [-0.2, 0) is 19.7 Å². The van der Waals surface area contributed by atoms with Crippen molar-refractivity contribution in [1.29, 1.82) is 0 Å². The van der Waals surface area contributed by atoms with Crippen LogP contribution >= 0.6 is 22.9 Å². The van der Waals surface area contributed by atoms with Gasteiger partial charge in [0.2, 0.25) is 6.10 Å². The summed E-state index contributed by atoms with van der Waals surface area (Å²) >= 11 is 7.27. The molecule has 160 valence electrons. The van der Waals surface area contributed by atoms with E-state index in [1.807, 2.05) is 6.07 Å². The van der Waals surface area contributed by atoms with Crippen LogP contribution < -0.4 is 10.0 Å². The van der Waals surface area contributed by atoms with Gasteiger partial charge in [0.25, 0.3) is 15.9 Å². The highest BCUT2D eigenvalue weighted by molar-refractivity contribution is 7.92. The Balaban J connectivity index is 1.38. The summed E-state index contributed by atoms with van der Waals surface area (Å²) in [5.41, 5.74) is 1.14. The van der Waals surface area contributed by atoms with E-state index in [1.165, 1.54) is 53.8 Å². The van der Waals surface area contributed by atoms with Crippen LogP contribution in [-0.4, -0.2) is 26.1 Å². The Morgan fingerprint density at radius 3 is 2.58 bits per heavy atom. The molecule has 0 saturated carbocycles. The number of hydrogen-bond acceptors (Lipinski definition) is 6. The Labute approximate surface area is 186 Å².